The zero-order valence-electron chi connectivity index (χ0n) is 12.0. The van der Waals surface area contributed by atoms with Crippen molar-refractivity contribution < 1.29 is 19.1 Å². The highest BCUT2D eigenvalue weighted by atomic mass is 35.5. The monoisotopic (exact) mass is 321 g/mol. The largest absolute Gasteiger partial charge is 0.495 e. The van der Waals surface area contributed by atoms with Crippen LogP contribution in [-0.2, 0) is 14.3 Å². The third-order valence-corrected chi connectivity index (χ3v) is 5.44. The fourth-order valence-electron chi connectivity index (χ4n) is 4.36. The van der Waals surface area contributed by atoms with E-state index in [4.69, 9.17) is 21.1 Å². The van der Waals surface area contributed by atoms with Gasteiger partial charge in [0.1, 0.15) is 11.9 Å². The zero-order valence-corrected chi connectivity index (χ0v) is 12.8. The lowest BCUT2D eigenvalue weighted by Crippen LogP contribution is -2.35. The van der Waals surface area contributed by atoms with Gasteiger partial charge in [-0.2, -0.15) is 0 Å². The number of rotatable bonds is 3. The van der Waals surface area contributed by atoms with Gasteiger partial charge in [-0.15, -0.1) is 0 Å². The van der Waals surface area contributed by atoms with Crippen LogP contribution in [-0.4, -0.2) is 25.1 Å². The van der Waals surface area contributed by atoms with E-state index in [-0.39, 0.29) is 41.7 Å². The summed E-state index contributed by atoms with van der Waals surface area (Å²) in [5, 5.41) is 3.39. The molecule has 0 unspecified atom stereocenters. The molecule has 2 saturated carbocycles. The number of nitrogens with one attached hydrogen (secondary N) is 1. The minimum atomic E-state index is -0.306. The van der Waals surface area contributed by atoms with E-state index in [0.717, 1.165) is 12.8 Å². The van der Waals surface area contributed by atoms with Gasteiger partial charge in [-0.3, -0.25) is 9.59 Å². The van der Waals surface area contributed by atoms with E-state index in [9.17, 15) is 9.59 Å². The molecule has 22 heavy (non-hydrogen) atoms. The van der Waals surface area contributed by atoms with Crippen LogP contribution in [0.15, 0.2) is 18.2 Å². The molecule has 1 aromatic rings. The van der Waals surface area contributed by atoms with Crippen LogP contribution >= 0.6 is 11.6 Å². The van der Waals surface area contributed by atoms with Gasteiger partial charge in [0, 0.05) is 10.9 Å². The average molecular weight is 322 g/mol. The molecule has 3 aliphatic rings. The van der Waals surface area contributed by atoms with Crippen molar-refractivity contribution in [3.05, 3.63) is 23.2 Å². The number of fused-ring (bicyclic) bond motifs is 1. The van der Waals surface area contributed by atoms with Gasteiger partial charge in [0.05, 0.1) is 24.6 Å². The Kier molecular flexibility index (Phi) is 3.08. The van der Waals surface area contributed by atoms with Gasteiger partial charge in [-0.05, 0) is 37.0 Å². The van der Waals surface area contributed by atoms with Crippen LogP contribution in [0.25, 0.3) is 0 Å². The maximum absolute atomic E-state index is 12.7. The highest BCUT2D eigenvalue weighted by Gasteiger charge is 2.63. The smallest absolute Gasteiger partial charge is 0.310 e. The van der Waals surface area contributed by atoms with Crippen LogP contribution in [0, 0.1) is 23.7 Å². The molecule has 4 rings (SSSR count). The summed E-state index contributed by atoms with van der Waals surface area (Å²) >= 11 is 5.98. The van der Waals surface area contributed by atoms with Crippen LogP contribution in [0.2, 0.25) is 5.02 Å². The van der Waals surface area contributed by atoms with Crippen molar-refractivity contribution in [2.45, 2.75) is 18.9 Å². The van der Waals surface area contributed by atoms with E-state index in [1.54, 1.807) is 18.2 Å². The molecule has 0 aromatic heterocycles. The summed E-state index contributed by atoms with van der Waals surface area (Å²) in [4.78, 5) is 24.7. The molecule has 1 aliphatic heterocycles. The van der Waals surface area contributed by atoms with Crippen LogP contribution < -0.4 is 10.1 Å². The highest BCUT2D eigenvalue weighted by molar-refractivity contribution is 6.31. The van der Waals surface area contributed by atoms with Crippen LogP contribution in [0.3, 0.4) is 0 Å². The molecule has 1 amide bonds. The van der Waals surface area contributed by atoms with Crippen molar-refractivity contribution in [2.75, 3.05) is 12.4 Å². The Bertz CT molecular complexity index is 660. The Morgan fingerprint density at radius 3 is 3.00 bits per heavy atom. The third-order valence-electron chi connectivity index (χ3n) is 5.21. The molecule has 1 saturated heterocycles. The molecular formula is C16H16ClNO4. The van der Waals surface area contributed by atoms with Crippen LogP contribution in [0.1, 0.15) is 12.8 Å². The predicted octanol–water partition coefficient (Wildman–Crippen LogP) is 2.48. The number of carbonyl (C=O) groups is 2. The number of amides is 1. The molecule has 1 N–H and O–H groups in total. The first-order valence-electron chi connectivity index (χ1n) is 7.43. The van der Waals surface area contributed by atoms with Gasteiger partial charge in [-0.1, -0.05) is 11.6 Å². The normalized spacial score (nSPS) is 34.6. The van der Waals surface area contributed by atoms with Crippen molar-refractivity contribution in [2.24, 2.45) is 23.7 Å². The molecule has 3 fully saturated rings. The lowest BCUT2D eigenvalue weighted by atomic mass is 9.79. The first-order chi connectivity index (χ1) is 10.6. The number of hydrogen-bond donors (Lipinski definition) is 1. The zero-order chi connectivity index (χ0) is 15.4. The first-order valence-corrected chi connectivity index (χ1v) is 7.81. The second-order valence-electron chi connectivity index (χ2n) is 6.26. The Morgan fingerprint density at radius 1 is 1.41 bits per heavy atom. The third kappa shape index (κ3) is 1.92. The van der Waals surface area contributed by atoms with Crippen molar-refractivity contribution in [3.8, 4) is 5.75 Å². The van der Waals surface area contributed by atoms with Gasteiger partial charge in [0.25, 0.3) is 0 Å². The van der Waals surface area contributed by atoms with Crippen molar-refractivity contribution in [3.63, 3.8) is 0 Å². The average Bonchev–Trinajstić information content (AvgIpc) is 3.08. The number of methoxy groups -OCH3 is 1. The van der Waals surface area contributed by atoms with Crippen molar-refractivity contribution in [1.29, 1.82) is 0 Å². The fraction of sp³-hybridized carbons (Fsp3) is 0.500. The number of ether oxygens (including phenoxy) is 2. The molecule has 116 valence electrons. The summed E-state index contributed by atoms with van der Waals surface area (Å²) in [6.07, 6.45) is 1.75. The van der Waals surface area contributed by atoms with Gasteiger partial charge in [-0.25, -0.2) is 0 Å². The summed E-state index contributed by atoms with van der Waals surface area (Å²) < 4.78 is 10.6. The minimum Gasteiger partial charge on any atom is -0.495 e. The summed E-state index contributed by atoms with van der Waals surface area (Å²) in [5.74, 6) is 0.0522. The van der Waals surface area contributed by atoms with Crippen molar-refractivity contribution in [1.82, 2.24) is 0 Å². The SMILES string of the molecule is COc1ccc(Cl)cc1NC(=O)[C@H]1[C@@H]2C[C@@H]3[C@@H]1C(=O)O[C@@H]3C2. The molecule has 1 aromatic carbocycles. The van der Waals surface area contributed by atoms with Gasteiger partial charge in [0.2, 0.25) is 5.91 Å². The Balaban J connectivity index is 1.59. The molecule has 0 spiro atoms. The Hall–Kier alpha value is -1.75. The Labute approximate surface area is 132 Å². The number of carbonyl (C=O) groups excluding carboxylic acids is 2. The Morgan fingerprint density at radius 2 is 2.23 bits per heavy atom. The number of esters is 1. The second kappa shape index (κ2) is 4.88. The van der Waals surface area contributed by atoms with Crippen LogP contribution in [0.5, 0.6) is 5.75 Å². The van der Waals surface area contributed by atoms with Gasteiger partial charge >= 0.3 is 5.97 Å². The van der Waals surface area contributed by atoms with Crippen molar-refractivity contribution >= 4 is 29.2 Å². The number of anilines is 1. The number of hydrogen-bond acceptors (Lipinski definition) is 4. The topological polar surface area (TPSA) is 64.6 Å². The van der Waals surface area contributed by atoms with E-state index < -0.39 is 0 Å². The molecule has 1 heterocycles. The summed E-state index contributed by atoms with van der Waals surface area (Å²) in [5.41, 5.74) is 0.533. The summed E-state index contributed by atoms with van der Waals surface area (Å²) in [7, 11) is 1.54. The maximum atomic E-state index is 12.7. The standard InChI is InChI=1S/C16H16ClNO4/c1-21-11-3-2-8(17)6-10(11)18-15(19)13-7-4-9-12(5-7)22-16(20)14(9)13/h2-3,6-7,9,12-14H,4-5H2,1H3,(H,18,19)/t7-,9+,12-,13+,14+/m1/s1. The quantitative estimate of drug-likeness (QED) is 0.869. The summed E-state index contributed by atoms with van der Waals surface area (Å²) in [6, 6.07) is 5.06. The lowest BCUT2D eigenvalue weighted by molar-refractivity contribution is -0.145. The molecule has 2 bridgehead atoms. The molecule has 6 heteroatoms. The predicted molar refractivity (Wildman–Crippen MR) is 79.7 cm³/mol. The maximum Gasteiger partial charge on any atom is 0.310 e. The number of benzene rings is 1. The first kappa shape index (κ1) is 13.9. The minimum absolute atomic E-state index is 0.0345. The summed E-state index contributed by atoms with van der Waals surface area (Å²) in [6.45, 7) is 0. The fourth-order valence-corrected chi connectivity index (χ4v) is 4.53. The molecule has 5 atom stereocenters. The van der Waals surface area contributed by atoms with Gasteiger partial charge in [0.15, 0.2) is 0 Å². The van der Waals surface area contributed by atoms with E-state index in [2.05, 4.69) is 5.32 Å². The van der Waals surface area contributed by atoms with Crippen LogP contribution in [0.4, 0.5) is 5.69 Å². The molecular weight excluding hydrogens is 306 g/mol. The molecule has 5 nitrogen and oxygen atoms in total. The van der Waals surface area contributed by atoms with E-state index >= 15 is 0 Å². The van der Waals surface area contributed by atoms with Gasteiger partial charge < -0.3 is 14.8 Å². The molecule has 0 radical (unpaired) electrons. The highest BCUT2D eigenvalue weighted by Crippen LogP contribution is 2.57. The van der Waals surface area contributed by atoms with E-state index in [1.807, 2.05) is 0 Å². The molecule has 2 aliphatic carbocycles. The number of halogens is 1. The lowest BCUT2D eigenvalue weighted by Gasteiger charge is -2.24. The second-order valence-corrected chi connectivity index (χ2v) is 6.69. The van der Waals surface area contributed by atoms with E-state index in [0.29, 0.717) is 16.5 Å². The van der Waals surface area contributed by atoms with E-state index in [1.165, 1.54) is 7.11 Å².